The SMILES string of the molecule is CCc1ccc(CNC(=O)[C@H]2CC(=O)N(c3ccc(OC(C)C)cc3)C2)cc1. The molecule has 5 heteroatoms. The van der Waals surface area contributed by atoms with E-state index in [2.05, 4.69) is 24.4 Å². The molecule has 0 unspecified atom stereocenters. The fourth-order valence-corrected chi connectivity index (χ4v) is 3.34. The normalized spacial score (nSPS) is 16.5. The number of anilines is 1. The highest BCUT2D eigenvalue weighted by molar-refractivity contribution is 6.00. The predicted molar refractivity (Wildman–Crippen MR) is 110 cm³/mol. The summed E-state index contributed by atoms with van der Waals surface area (Å²) in [5.74, 6) is 0.350. The zero-order valence-corrected chi connectivity index (χ0v) is 16.8. The maximum Gasteiger partial charge on any atom is 0.227 e. The van der Waals surface area contributed by atoms with Crippen molar-refractivity contribution in [3.8, 4) is 5.75 Å². The number of hydrogen-bond acceptors (Lipinski definition) is 3. The Morgan fingerprint density at radius 1 is 1.11 bits per heavy atom. The first kappa shape index (κ1) is 19.9. The Labute approximate surface area is 166 Å². The minimum Gasteiger partial charge on any atom is -0.491 e. The van der Waals surface area contributed by atoms with Gasteiger partial charge in [-0.1, -0.05) is 31.2 Å². The number of hydrogen-bond donors (Lipinski definition) is 1. The van der Waals surface area contributed by atoms with Crippen LogP contribution in [0.5, 0.6) is 5.75 Å². The average molecular weight is 380 g/mol. The molecular weight excluding hydrogens is 352 g/mol. The summed E-state index contributed by atoms with van der Waals surface area (Å²) < 4.78 is 5.64. The lowest BCUT2D eigenvalue weighted by atomic mass is 10.1. The highest BCUT2D eigenvalue weighted by Gasteiger charge is 2.35. The van der Waals surface area contributed by atoms with Gasteiger partial charge in [0.2, 0.25) is 11.8 Å². The van der Waals surface area contributed by atoms with Crippen molar-refractivity contribution in [2.24, 2.45) is 5.92 Å². The van der Waals surface area contributed by atoms with Gasteiger partial charge in [-0.3, -0.25) is 9.59 Å². The van der Waals surface area contributed by atoms with Gasteiger partial charge in [0.25, 0.3) is 0 Å². The van der Waals surface area contributed by atoms with Gasteiger partial charge in [0.05, 0.1) is 12.0 Å². The van der Waals surface area contributed by atoms with Gasteiger partial charge in [-0.2, -0.15) is 0 Å². The molecule has 0 spiro atoms. The molecule has 0 aliphatic carbocycles. The summed E-state index contributed by atoms with van der Waals surface area (Å²) in [6.45, 7) is 6.95. The second kappa shape index (κ2) is 8.91. The molecule has 1 heterocycles. The first-order valence-electron chi connectivity index (χ1n) is 9.89. The molecule has 0 aromatic heterocycles. The monoisotopic (exact) mass is 380 g/mol. The molecule has 3 rings (SSSR count). The third-order valence-corrected chi connectivity index (χ3v) is 4.91. The summed E-state index contributed by atoms with van der Waals surface area (Å²) in [5, 5.41) is 2.96. The Kier molecular flexibility index (Phi) is 6.34. The molecule has 1 aliphatic heterocycles. The van der Waals surface area contributed by atoms with E-state index < -0.39 is 0 Å². The van der Waals surface area contributed by atoms with Gasteiger partial charge >= 0.3 is 0 Å². The molecule has 2 aromatic carbocycles. The third-order valence-electron chi connectivity index (χ3n) is 4.91. The number of ether oxygens (including phenoxy) is 1. The fourth-order valence-electron chi connectivity index (χ4n) is 3.34. The minimum absolute atomic E-state index is 0.0232. The summed E-state index contributed by atoms with van der Waals surface area (Å²) in [6.07, 6.45) is 1.34. The van der Waals surface area contributed by atoms with Crippen LogP contribution in [-0.2, 0) is 22.6 Å². The quantitative estimate of drug-likeness (QED) is 0.797. The maximum absolute atomic E-state index is 12.5. The molecule has 0 bridgehead atoms. The predicted octanol–water partition coefficient (Wildman–Crippen LogP) is 3.71. The van der Waals surface area contributed by atoms with Crippen LogP contribution in [0, 0.1) is 5.92 Å². The van der Waals surface area contributed by atoms with Gasteiger partial charge < -0.3 is 15.0 Å². The van der Waals surface area contributed by atoms with Crippen LogP contribution in [0.15, 0.2) is 48.5 Å². The number of amides is 2. The fraction of sp³-hybridized carbons (Fsp3) is 0.391. The van der Waals surface area contributed by atoms with Crippen LogP contribution in [0.3, 0.4) is 0 Å². The number of carbonyl (C=O) groups is 2. The Morgan fingerprint density at radius 3 is 2.36 bits per heavy atom. The lowest BCUT2D eigenvalue weighted by Crippen LogP contribution is -2.32. The van der Waals surface area contributed by atoms with E-state index in [9.17, 15) is 9.59 Å². The summed E-state index contributed by atoms with van der Waals surface area (Å²) in [6, 6.07) is 15.7. The number of rotatable bonds is 7. The molecule has 1 aliphatic rings. The van der Waals surface area contributed by atoms with Crippen LogP contribution in [0.25, 0.3) is 0 Å². The van der Waals surface area contributed by atoms with Crippen molar-refractivity contribution in [1.82, 2.24) is 5.32 Å². The van der Waals surface area contributed by atoms with E-state index in [4.69, 9.17) is 4.74 Å². The van der Waals surface area contributed by atoms with Crippen molar-refractivity contribution in [2.75, 3.05) is 11.4 Å². The first-order chi connectivity index (χ1) is 13.5. The lowest BCUT2D eigenvalue weighted by Gasteiger charge is -2.18. The number of carbonyl (C=O) groups excluding carboxylic acids is 2. The Bertz CT molecular complexity index is 813. The van der Waals surface area contributed by atoms with Gasteiger partial charge in [-0.15, -0.1) is 0 Å². The van der Waals surface area contributed by atoms with Gasteiger partial charge in [0, 0.05) is 25.2 Å². The number of aryl methyl sites for hydroxylation is 1. The topological polar surface area (TPSA) is 58.6 Å². The van der Waals surface area contributed by atoms with Crippen molar-refractivity contribution in [3.63, 3.8) is 0 Å². The molecule has 5 nitrogen and oxygen atoms in total. The molecule has 148 valence electrons. The Balaban J connectivity index is 1.56. The molecule has 1 N–H and O–H groups in total. The molecule has 2 amide bonds. The summed E-state index contributed by atoms with van der Waals surface area (Å²) in [7, 11) is 0. The minimum atomic E-state index is -0.325. The van der Waals surface area contributed by atoms with Crippen molar-refractivity contribution >= 4 is 17.5 Å². The molecule has 0 radical (unpaired) electrons. The third kappa shape index (κ3) is 4.91. The Morgan fingerprint density at radius 2 is 1.75 bits per heavy atom. The van der Waals surface area contributed by atoms with E-state index >= 15 is 0 Å². The molecule has 2 aromatic rings. The summed E-state index contributed by atoms with van der Waals surface area (Å²) in [5.41, 5.74) is 3.14. The number of benzene rings is 2. The summed E-state index contributed by atoms with van der Waals surface area (Å²) in [4.78, 5) is 26.6. The molecular formula is C23H28N2O3. The van der Waals surface area contributed by atoms with Gasteiger partial charge in [-0.05, 0) is 55.7 Å². The van der Waals surface area contributed by atoms with E-state index in [1.54, 1.807) is 4.90 Å². The second-order valence-corrected chi connectivity index (χ2v) is 7.45. The summed E-state index contributed by atoms with van der Waals surface area (Å²) >= 11 is 0. The Hall–Kier alpha value is -2.82. The second-order valence-electron chi connectivity index (χ2n) is 7.45. The molecule has 1 fully saturated rings. The van der Waals surface area contributed by atoms with E-state index in [-0.39, 0.29) is 30.3 Å². The van der Waals surface area contributed by atoms with Crippen LogP contribution in [0.4, 0.5) is 5.69 Å². The van der Waals surface area contributed by atoms with Crippen LogP contribution in [-0.4, -0.2) is 24.5 Å². The van der Waals surface area contributed by atoms with Crippen molar-refractivity contribution in [2.45, 2.75) is 46.3 Å². The van der Waals surface area contributed by atoms with Crippen LogP contribution < -0.4 is 15.0 Å². The number of nitrogens with one attached hydrogen (secondary N) is 1. The standard InChI is InChI=1S/C23H28N2O3/c1-4-17-5-7-18(8-6-17)14-24-23(27)19-13-22(26)25(15-19)20-9-11-21(12-10-20)28-16(2)3/h5-12,16,19H,4,13-15H2,1-3H3,(H,24,27)/t19-/m0/s1. The largest absolute Gasteiger partial charge is 0.491 e. The van der Waals surface area contributed by atoms with Crippen molar-refractivity contribution < 1.29 is 14.3 Å². The molecule has 0 saturated carbocycles. The lowest BCUT2D eigenvalue weighted by molar-refractivity contribution is -0.126. The van der Waals surface area contributed by atoms with E-state index in [1.807, 2.05) is 50.2 Å². The average Bonchev–Trinajstić information content (AvgIpc) is 3.08. The molecule has 28 heavy (non-hydrogen) atoms. The molecule has 1 saturated heterocycles. The van der Waals surface area contributed by atoms with Crippen LogP contribution in [0.1, 0.15) is 38.3 Å². The number of nitrogens with zero attached hydrogens (tertiary/aromatic N) is 1. The highest BCUT2D eigenvalue weighted by Crippen LogP contribution is 2.27. The maximum atomic E-state index is 12.5. The smallest absolute Gasteiger partial charge is 0.227 e. The van der Waals surface area contributed by atoms with Crippen molar-refractivity contribution in [1.29, 1.82) is 0 Å². The molecule has 1 atom stereocenters. The van der Waals surface area contributed by atoms with E-state index in [0.717, 1.165) is 23.4 Å². The van der Waals surface area contributed by atoms with Gasteiger partial charge in [0.1, 0.15) is 5.75 Å². The highest BCUT2D eigenvalue weighted by atomic mass is 16.5. The zero-order valence-electron chi connectivity index (χ0n) is 16.8. The van der Waals surface area contributed by atoms with Crippen molar-refractivity contribution in [3.05, 3.63) is 59.7 Å². The van der Waals surface area contributed by atoms with Crippen LogP contribution in [0.2, 0.25) is 0 Å². The van der Waals surface area contributed by atoms with Gasteiger partial charge in [-0.25, -0.2) is 0 Å². The zero-order chi connectivity index (χ0) is 20.1. The van der Waals surface area contributed by atoms with Gasteiger partial charge in [0.15, 0.2) is 0 Å². The van der Waals surface area contributed by atoms with E-state index in [0.29, 0.717) is 13.1 Å². The van der Waals surface area contributed by atoms with E-state index in [1.165, 1.54) is 5.56 Å². The van der Waals surface area contributed by atoms with Crippen LogP contribution >= 0.6 is 0 Å². The first-order valence-corrected chi connectivity index (χ1v) is 9.89.